The molecule has 0 unspecified atom stereocenters. The van der Waals surface area contributed by atoms with E-state index in [0.717, 1.165) is 27.3 Å². The number of hydrogen-bond donors (Lipinski definition) is 1. The Labute approximate surface area is 121 Å². The number of pyridine rings is 1. The van der Waals surface area contributed by atoms with Gasteiger partial charge in [-0.25, -0.2) is 4.98 Å². The van der Waals surface area contributed by atoms with Crippen LogP contribution in [0.4, 0.5) is 0 Å². The lowest BCUT2D eigenvalue weighted by atomic mass is 10.1. The van der Waals surface area contributed by atoms with Crippen LogP contribution in [-0.2, 0) is 20.1 Å². The molecule has 0 saturated heterocycles. The summed E-state index contributed by atoms with van der Waals surface area (Å²) in [4.78, 5) is 8.59. The van der Waals surface area contributed by atoms with Gasteiger partial charge in [-0.15, -0.1) is 0 Å². The molecule has 0 aliphatic carbocycles. The molecule has 5 nitrogen and oxygen atoms in total. The Balaban J connectivity index is 1.76. The molecule has 0 atom stereocenters. The van der Waals surface area contributed by atoms with E-state index in [2.05, 4.69) is 20.4 Å². The summed E-state index contributed by atoms with van der Waals surface area (Å²) >= 11 is 6.18. The minimum absolute atomic E-state index is 0.623. The van der Waals surface area contributed by atoms with Crippen molar-refractivity contribution in [1.29, 1.82) is 0 Å². The average Bonchev–Trinajstić information content (AvgIpc) is 2.87. The molecule has 0 saturated carbocycles. The molecule has 0 aliphatic rings. The minimum Gasteiger partial charge on any atom is -0.306 e. The van der Waals surface area contributed by atoms with Gasteiger partial charge in [-0.3, -0.25) is 9.67 Å². The lowest BCUT2D eigenvalue weighted by Crippen LogP contribution is -2.14. The highest BCUT2D eigenvalue weighted by atomic mass is 35.5. The van der Waals surface area contributed by atoms with Gasteiger partial charge in [-0.05, 0) is 23.8 Å². The van der Waals surface area contributed by atoms with E-state index in [-0.39, 0.29) is 0 Å². The predicted molar refractivity (Wildman–Crippen MR) is 78.3 cm³/mol. The van der Waals surface area contributed by atoms with Gasteiger partial charge in [0.25, 0.3) is 0 Å². The van der Waals surface area contributed by atoms with Gasteiger partial charge in [-0.2, -0.15) is 5.10 Å². The summed E-state index contributed by atoms with van der Waals surface area (Å²) in [5, 5.41) is 9.25. The van der Waals surface area contributed by atoms with Crippen LogP contribution in [0, 0.1) is 0 Å². The van der Waals surface area contributed by atoms with Crippen LogP contribution in [0.15, 0.2) is 36.8 Å². The molecule has 0 fully saturated rings. The number of nitrogens with zero attached hydrogens (tertiary/aromatic N) is 4. The third-order valence-electron chi connectivity index (χ3n) is 3.05. The zero-order valence-electron chi connectivity index (χ0n) is 11.0. The summed E-state index contributed by atoms with van der Waals surface area (Å²) in [5.41, 5.74) is 2.04. The number of rotatable bonds is 4. The highest BCUT2D eigenvalue weighted by Crippen LogP contribution is 2.24. The maximum absolute atomic E-state index is 6.18. The van der Waals surface area contributed by atoms with Gasteiger partial charge >= 0.3 is 0 Å². The molecule has 20 heavy (non-hydrogen) atoms. The van der Waals surface area contributed by atoms with Gasteiger partial charge < -0.3 is 5.32 Å². The van der Waals surface area contributed by atoms with Crippen LogP contribution in [0.25, 0.3) is 10.9 Å². The van der Waals surface area contributed by atoms with Crippen molar-refractivity contribution >= 4 is 22.5 Å². The molecule has 2 aromatic heterocycles. The molecule has 3 rings (SSSR count). The first-order valence-electron chi connectivity index (χ1n) is 6.31. The predicted octanol–water partition coefficient (Wildman–Crippen LogP) is 2.31. The zero-order valence-corrected chi connectivity index (χ0v) is 11.8. The lowest BCUT2D eigenvalue weighted by Gasteiger charge is -2.07. The first-order valence-corrected chi connectivity index (χ1v) is 6.69. The number of benzene rings is 1. The van der Waals surface area contributed by atoms with Crippen LogP contribution in [0.1, 0.15) is 11.4 Å². The molecule has 0 amide bonds. The maximum Gasteiger partial charge on any atom is 0.164 e. The zero-order chi connectivity index (χ0) is 13.9. The molecule has 0 aliphatic heterocycles. The van der Waals surface area contributed by atoms with Crippen LogP contribution in [0.5, 0.6) is 0 Å². The second kappa shape index (κ2) is 5.56. The summed E-state index contributed by atoms with van der Waals surface area (Å²) in [6.07, 6.45) is 3.47. The van der Waals surface area contributed by atoms with Gasteiger partial charge in [0.2, 0.25) is 0 Å². The summed E-state index contributed by atoms with van der Waals surface area (Å²) in [7, 11) is 1.85. The third kappa shape index (κ3) is 2.64. The molecular formula is C14H14ClN5. The molecule has 0 radical (unpaired) electrons. The van der Waals surface area contributed by atoms with Crippen molar-refractivity contribution in [1.82, 2.24) is 25.1 Å². The van der Waals surface area contributed by atoms with E-state index in [0.29, 0.717) is 13.1 Å². The molecule has 0 spiro atoms. The van der Waals surface area contributed by atoms with Crippen molar-refractivity contribution < 1.29 is 0 Å². The van der Waals surface area contributed by atoms with E-state index in [9.17, 15) is 0 Å². The molecule has 3 aromatic rings. The highest BCUT2D eigenvalue weighted by Gasteiger charge is 2.06. The normalized spacial score (nSPS) is 11.1. The van der Waals surface area contributed by atoms with E-state index in [1.54, 1.807) is 17.2 Å². The lowest BCUT2D eigenvalue weighted by molar-refractivity contribution is 0.650. The summed E-state index contributed by atoms with van der Waals surface area (Å²) in [6.45, 7) is 1.32. The molecule has 102 valence electrons. The Morgan fingerprint density at radius 2 is 2.10 bits per heavy atom. The van der Waals surface area contributed by atoms with Crippen LogP contribution in [-0.4, -0.2) is 19.7 Å². The number of fused-ring (bicyclic) bond motifs is 1. The molecule has 1 aromatic carbocycles. The fourth-order valence-electron chi connectivity index (χ4n) is 2.11. The van der Waals surface area contributed by atoms with E-state index in [1.165, 1.54) is 0 Å². The van der Waals surface area contributed by atoms with Crippen LogP contribution in [0.3, 0.4) is 0 Å². The summed E-state index contributed by atoms with van der Waals surface area (Å²) < 4.78 is 1.69. The number of aryl methyl sites for hydroxylation is 1. The fraction of sp³-hybridized carbons (Fsp3) is 0.214. The van der Waals surface area contributed by atoms with Crippen molar-refractivity contribution in [3.63, 3.8) is 0 Å². The number of hydrogen-bond acceptors (Lipinski definition) is 4. The van der Waals surface area contributed by atoms with E-state index in [4.69, 9.17) is 11.6 Å². The van der Waals surface area contributed by atoms with Crippen molar-refractivity contribution in [2.45, 2.75) is 13.1 Å². The number of aromatic nitrogens is 4. The van der Waals surface area contributed by atoms with Crippen molar-refractivity contribution in [3.05, 3.63) is 53.2 Å². The Morgan fingerprint density at radius 3 is 2.90 bits per heavy atom. The number of halogens is 1. The minimum atomic E-state index is 0.623. The second-order valence-electron chi connectivity index (χ2n) is 4.54. The summed E-state index contributed by atoms with van der Waals surface area (Å²) in [6, 6.07) is 7.77. The Morgan fingerprint density at radius 1 is 1.20 bits per heavy atom. The van der Waals surface area contributed by atoms with Crippen molar-refractivity contribution in [3.8, 4) is 0 Å². The second-order valence-corrected chi connectivity index (χ2v) is 4.95. The van der Waals surface area contributed by atoms with Gasteiger partial charge in [-0.1, -0.05) is 17.7 Å². The maximum atomic E-state index is 6.18. The van der Waals surface area contributed by atoms with Crippen LogP contribution >= 0.6 is 11.6 Å². The van der Waals surface area contributed by atoms with Crippen molar-refractivity contribution in [2.75, 3.05) is 0 Å². The molecule has 1 N–H and O–H groups in total. The first kappa shape index (κ1) is 13.0. The topological polar surface area (TPSA) is 55.6 Å². The average molecular weight is 288 g/mol. The Kier molecular flexibility index (Phi) is 3.62. The Bertz CT molecular complexity index is 737. The van der Waals surface area contributed by atoms with Crippen LogP contribution < -0.4 is 5.32 Å². The standard InChI is InChI=1S/C14H14ClN5/c1-20-9-18-13(19-20)8-16-7-10-4-5-12(15)11-3-2-6-17-14(10)11/h2-6,9,16H,7-8H2,1H3. The Hall–Kier alpha value is -1.98. The highest BCUT2D eigenvalue weighted by molar-refractivity contribution is 6.35. The van der Waals surface area contributed by atoms with E-state index >= 15 is 0 Å². The monoisotopic (exact) mass is 287 g/mol. The van der Waals surface area contributed by atoms with Crippen LogP contribution in [0.2, 0.25) is 5.02 Å². The molecule has 6 heteroatoms. The van der Waals surface area contributed by atoms with Crippen molar-refractivity contribution in [2.24, 2.45) is 7.05 Å². The first-order chi connectivity index (χ1) is 9.74. The third-order valence-corrected chi connectivity index (χ3v) is 3.38. The molecule has 0 bridgehead atoms. The number of nitrogens with one attached hydrogen (secondary N) is 1. The van der Waals surface area contributed by atoms with E-state index < -0.39 is 0 Å². The van der Waals surface area contributed by atoms with E-state index in [1.807, 2.05) is 31.3 Å². The SMILES string of the molecule is Cn1cnc(CNCc2ccc(Cl)c3cccnc23)n1. The largest absolute Gasteiger partial charge is 0.306 e. The van der Waals surface area contributed by atoms with Gasteiger partial charge in [0.1, 0.15) is 6.33 Å². The van der Waals surface area contributed by atoms with Gasteiger partial charge in [0.15, 0.2) is 5.82 Å². The quantitative estimate of drug-likeness (QED) is 0.800. The molecule has 2 heterocycles. The molecular weight excluding hydrogens is 274 g/mol. The van der Waals surface area contributed by atoms with Gasteiger partial charge in [0.05, 0.1) is 12.1 Å². The summed E-state index contributed by atoms with van der Waals surface area (Å²) in [5.74, 6) is 0.777. The fourth-order valence-corrected chi connectivity index (χ4v) is 2.33. The smallest absolute Gasteiger partial charge is 0.164 e. The van der Waals surface area contributed by atoms with Gasteiger partial charge in [0, 0.05) is 30.2 Å².